The van der Waals surface area contributed by atoms with E-state index in [1.54, 1.807) is 0 Å². The van der Waals surface area contributed by atoms with E-state index in [0.29, 0.717) is 0 Å². The van der Waals surface area contributed by atoms with E-state index in [4.69, 9.17) is 0 Å². The van der Waals surface area contributed by atoms with Crippen LogP contribution in [-0.4, -0.2) is 36.6 Å². The van der Waals surface area contributed by atoms with Gasteiger partial charge in [-0.3, -0.25) is 4.90 Å². The van der Waals surface area contributed by atoms with Crippen LogP contribution in [0.3, 0.4) is 0 Å². The highest BCUT2D eigenvalue weighted by Crippen LogP contribution is 2.26. The molecule has 1 N–H and O–H groups in total. The Bertz CT molecular complexity index is 207. The van der Waals surface area contributed by atoms with Crippen molar-refractivity contribution in [3.63, 3.8) is 0 Å². The normalized spacial score (nSPS) is 20.3. The van der Waals surface area contributed by atoms with E-state index in [9.17, 15) is 0 Å². The lowest BCUT2D eigenvalue weighted by Gasteiger charge is -2.19. The van der Waals surface area contributed by atoms with E-state index >= 15 is 0 Å². The van der Waals surface area contributed by atoms with E-state index < -0.39 is 0 Å². The molecule has 0 aromatic rings. The molecule has 0 spiro atoms. The second-order valence-electron chi connectivity index (χ2n) is 5.30. The Morgan fingerprint density at radius 1 is 1.12 bits per heavy atom. The summed E-state index contributed by atoms with van der Waals surface area (Å²) in [5.41, 5.74) is 0. The van der Waals surface area contributed by atoms with E-state index in [0.717, 1.165) is 18.6 Å². The van der Waals surface area contributed by atoms with Crippen LogP contribution in [0.5, 0.6) is 0 Å². The molecule has 0 heterocycles. The Kier molecular flexibility index (Phi) is 4.86. The molecule has 0 unspecified atom stereocenters. The Hall–Kier alpha value is -0.340. The summed E-state index contributed by atoms with van der Waals surface area (Å²) in [4.78, 5) is 2.60. The molecular formula is C14H26N2. The zero-order valence-electron chi connectivity index (χ0n) is 10.5. The lowest BCUT2D eigenvalue weighted by atomic mass is 10.2. The summed E-state index contributed by atoms with van der Waals surface area (Å²) in [6.45, 7) is 7.44. The number of hydrogen-bond donors (Lipinski definition) is 1. The molecule has 0 radical (unpaired) electrons. The Labute approximate surface area is 100 Å². The lowest BCUT2D eigenvalue weighted by Crippen LogP contribution is -2.27. The van der Waals surface area contributed by atoms with Crippen LogP contribution >= 0.6 is 0 Å². The predicted octanol–water partition coefficient (Wildman–Crippen LogP) is 2.56. The van der Waals surface area contributed by atoms with Crippen LogP contribution in [0.1, 0.15) is 44.9 Å². The third kappa shape index (κ3) is 4.67. The molecule has 0 saturated heterocycles. The Morgan fingerprint density at radius 2 is 1.94 bits per heavy atom. The van der Waals surface area contributed by atoms with Crippen molar-refractivity contribution in [3.8, 4) is 0 Å². The number of nitrogens with one attached hydrogen (secondary N) is 1. The molecule has 0 atom stereocenters. The fourth-order valence-corrected chi connectivity index (χ4v) is 2.24. The standard InChI is InChI=1S/C14H26N2/c1-2-11-16(14-8-9-14)12-5-3-4-10-15-13-6-7-13/h2,13-15H,1,3-12H2. The molecule has 2 saturated carbocycles. The minimum atomic E-state index is 0.878. The molecule has 0 aromatic carbocycles. The van der Waals surface area contributed by atoms with Crippen LogP contribution in [0.15, 0.2) is 12.7 Å². The van der Waals surface area contributed by atoms with Crippen molar-refractivity contribution in [1.29, 1.82) is 0 Å². The molecule has 2 rings (SSSR count). The monoisotopic (exact) mass is 222 g/mol. The molecule has 0 aliphatic heterocycles. The third-order valence-electron chi connectivity index (χ3n) is 3.56. The van der Waals surface area contributed by atoms with E-state index in [-0.39, 0.29) is 0 Å². The summed E-state index contributed by atoms with van der Waals surface area (Å²) >= 11 is 0. The number of hydrogen-bond acceptors (Lipinski definition) is 2. The van der Waals surface area contributed by atoms with Crippen LogP contribution in [0, 0.1) is 0 Å². The second kappa shape index (κ2) is 6.41. The zero-order chi connectivity index (χ0) is 11.2. The van der Waals surface area contributed by atoms with Gasteiger partial charge in [-0.15, -0.1) is 6.58 Å². The SMILES string of the molecule is C=CCN(CCCCCNC1CC1)C1CC1. The summed E-state index contributed by atoms with van der Waals surface area (Å²) in [6, 6.07) is 1.77. The number of unbranched alkanes of at least 4 members (excludes halogenated alkanes) is 2. The molecule has 92 valence electrons. The van der Waals surface area contributed by atoms with Gasteiger partial charge >= 0.3 is 0 Å². The van der Waals surface area contributed by atoms with E-state index in [1.165, 1.54) is 58.0 Å². The van der Waals surface area contributed by atoms with Crippen molar-refractivity contribution >= 4 is 0 Å². The molecule has 2 aliphatic carbocycles. The van der Waals surface area contributed by atoms with Gasteiger partial charge in [-0.25, -0.2) is 0 Å². The minimum absolute atomic E-state index is 0.878. The van der Waals surface area contributed by atoms with Gasteiger partial charge in [0.2, 0.25) is 0 Å². The van der Waals surface area contributed by atoms with Gasteiger partial charge in [-0.05, 0) is 51.6 Å². The maximum atomic E-state index is 3.84. The van der Waals surface area contributed by atoms with Crippen molar-refractivity contribution in [3.05, 3.63) is 12.7 Å². The fraction of sp³-hybridized carbons (Fsp3) is 0.857. The highest BCUT2D eigenvalue weighted by molar-refractivity contribution is 4.88. The van der Waals surface area contributed by atoms with Crippen LogP contribution < -0.4 is 5.32 Å². The summed E-state index contributed by atoms with van der Waals surface area (Å²) in [7, 11) is 0. The molecule has 0 bridgehead atoms. The molecule has 16 heavy (non-hydrogen) atoms. The molecule has 0 aromatic heterocycles. The number of rotatable bonds is 10. The molecule has 2 heteroatoms. The maximum Gasteiger partial charge on any atom is 0.0163 e. The zero-order valence-corrected chi connectivity index (χ0v) is 10.5. The first kappa shape index (κ1) is 12.1. The van der Waals surface area contributed by atoms with Gasteiger partial charge in [0, 0.05) is 18.6 Å². The minimum Gasteiger partial charge on any atom is -0.314 e. The Balaban J connectivity index is 1.43. The average Bonchev–Trinajstić information content (AvgIpc) is 3.16. The smallest absolute Gasteiger partial charge is 0.0163 e. The summed E-state index contributed by atoms with van der Waals surface area (Å²) < 4.78 is 0. The highest BCUT2D eigenvalue weighted by Gasteiger charge is 2.27. The molecule has 2 nitrogen and oxygen atoms in total. The van der Waals surface area contributed by atoms with Crippen molar-refractivity contribution in [2.45, 2.75) is 57.0 Å². The third-order valence-corrected chi connectivity index (χ3v) is 3.56. The van der Waals surface area contributed by atoms with Crippen molar-refractivity contribution in [2.75, 3.05) is 19.6 Å². The van der Waals surface area contributed by atoms with Crippen molar-refractivity contribution in [2.24, 2.45) is 0 Å². The topological polar surface area (TPSA) is 15.3 Å². The van der Waals surface area contributed by atoms with Gasteiger partial charge in [-0.2, -0.15) is 0 Å². The number of nitrogens with zero attached hydrogens (tertiary/aromatic N) is 1. The maximum absolute atomic E-state index is 3.84. The molecule has 2 fully saturated rings. The van der Waals surface area contributed by atoms with Gasteiger partial charge in [0.15, 0.2) is 0 Å². The van der Waals surface area contributed by atoms with Gasteiger partial charge in [0.25, 0.3) is 0 Å². The fourth-order valence-electron chi connectivity index (χ4n) is 2.24. The first-order chi connectivity index (χ1) is 7.90. The molecule has 0 amide bonds. The largest absolute Gasteiger partial charge is 0.314 e. The van der Waals surface area contributed by atoms with Gasteiger partial charge in [-0.1, -0.05) is 12.5 Å². The van der Waals surface area contributed by atoms with Crippen LogP contribution in [-0.2, 0) is 0 Å². The van der Waals surface area contributed by atoms with Crippen molar-refractivity contribution < 1.29 is 0 Å². The summed E-state index contributed by atoms with van der Waals surface area (Å²) in [5, 5.41) is 3.58. The van der Waals surface area contributed by atoms with Gasteiger partial charge in [0.05, 0.1) is 0 Å². The highest BCUT2D eigenvalue weighted by atomic mass is 15.2. The van der Waals surface area contributed by atoms with E-state index in [1.807, 2.05) is 6.08 Å². The van der Waals surface area contributed by atoms with Gasteiger partial charge in [0.1, 0.15) is 0 Å². The first-order valence-corrected chi connectivity index (χ1v) is 6.98. The van der Waals surface area contributed by atoms with Crippen LogP contribution in [0.4, 0.5) is 0 Å². The quantitative estimate of drug-likeness (QED) is 0.451. The summed E-state index contributed by atoms with van der Waals surface area (Å²) in [5.74, 6) is 0. The van der Waals surface area contributed by atoms with Crippen LogP contribution in [0.2, 0.25) is 0 Å². The Morgan fingerprint density at radius 3 is 2.56 bits per heavy atom. The van der Waals surface area contributed by atoms with E-state index in [2.05, 4.69) is 16.8 Å². The average molecular weight is 222 g/mol. The molecule has 2 aliphatic rings. The van der Waals surface area contributed by atoms with Gasteiger partial charge < -0.3 is 5.32 Å². The molecular weight excluding hydrogens is 196 g/mol. The van der Waals surface area contributed by atoms with Crippen LogP contribution in [0.25, 0.3) is 0 Å². The second-order valence-corrected chi connectivity index (χ2v) is 5.30. The summed E-state index contributed by atoms with van der Waals surface area (Å²) in [6.07, 6.45) is 11.8. The predicted molar refractivity (Wildman–Crippen MR) is 69.7 cm³/mol. The van der Waals surface area contributed by atoms with Crippen molar-refractivity contribution in [1.82, 2.24) is 10.2 Å². The lowest BCUT2D eigenvalue weighted by molar-refractivity contribution is 0.284. The first-order valence-electron chi connectivity index (χ1n) is 6.98.